The van der Waals surface area contributed by atoms with Crippen molar-refractivity contribution < 1.29 is 26.7 Å². The predicted octanol–water partition coefficient (Wildman–Crippen LogP) is 3.45. The fraction of sp³-hybridized carbons (Fsp3) is 0.714. The van der Waals surface area contributed by atoms with Crippen LogP contribution in [-0.4, -0.2) is 41.9 Å². The fourth-order valence-corrected chi connectivity index (χ4v) is 2.76. The molecule has 1 saturated carbocycles. The average molecular weight is 337 g/mol. The number of alkyl halides is 5. The van der Waals surface area contributed by atoms with Crippen LogP contribution in [0.4, 0.5) is 27.8 Å². The topological polar surface area (TPSA) is 38.2 Å². The summed E-state index contributed by atoms with van der Waals surface area (Å²) in [7, 11) is 1.01. The third kappa shape index (κ3) is 2.98. The second-order valence-electron chi connectivity index (χ2n) is 5.95. The summed E-state index contributed by atoms with van der Waals surface area (Å²) in [5, 5.41) is 0. The molecule has 3 rings (SSSR count). The van der Waals surface area contributed by atoms with Gasteiger partial charge in [-0.2, -0.15) is 13.2 Å². The van der Waals surface area contributed by atoms with Gasteiger partial charge in [0.05, 0.1) is 6.54 Å². The highest BCUT2D eigenvalue weighted by molar-refractivity contribution is 5.43. The summed E-state index contributed by atoms with van der Waals surface area (Å²) in [5.74, 6) is 0.435. The van der Waals surface area contributed by atoms with Gasteiger partial charge in [0.1, 0.15) is 17.3 Å². The molecule has 0 amide bonds. The molecular weight excluding hydrogens is 321 g/mol. The molecule has 1 aliphatic carbocycles. The van der Waals surface area contributed by atoms with Crippen molar-refractivity contribution in [2.75, 3.05) is 25.1 Å². The molecule has 23 heavy (non-hydrogen) atoms. The van der Waals surface area contributed by atoms with Crippen LogP contribution >= 0.6 is 0 Å². The highest BCUT2D eigenvalue weighted by Gasteiger charge is 2.59. The SMILES string of the molecule is COC1(C(F)(F)F)CCN(c2cc(C(F)F)nc(C3CC3)n2)C1. The molecule has 0 N–H and O–H groups in total. The highest BCUT2D eigenvalue weighted by Crippen LogP contribution is 2.43. The van der Waals surface area contributed by atoms with E-state index in [0.717, 1.165) is 26.0 Å². The molecule has 2 heterocycles. The van der Waals surface area contributed by atoms with Crippen LogP contribution in [0.15, 0.2) is 6.07 Å². The maximum atomic E-state index is 13.2. The molecule has 1 saturated heterocycles. The van der Waals surface area contributed by atoms with E-state index in [4.69, 9.17) is 4.74 Å². The Kier molecular flexibility index (Phi) is 3.94. The molecule has 0 bridgehead atoms. The van der Waals surface area contributed by atoms with Crippen LogP contribution < -0.4 is 4.90 Å². The lowest BCUT2D eigenvalue weighted by atomic mass is 10.0. The molecule has 9 heteroatoms. The van der Waals surface area contributed by atoms with E-state index in [9.17, 15) is 22.0 Å². The second-order valence-corrected chi connectivity index (χ2v) is 5.95. The lowest BCUT2D eigenvalue weighted by Gasteiger charge is -2.30. The van der Waals surface area contributed by atoms with Crippen molar-refractivity contribution in [1.82, 2.24) is 9.97 Å². The minimum absolute atomic E-state index is 0.0323. The average Bonchev–Trinajstić information content (AvgIpc) is 3.24. The van der Waals surface area contributed by atoms with Crippen LogP contribution in [0.25, 0.3) is 0 Å². The molecule has 2 fully saturated rings. The Morgan fingerprint density at radius 1 is 1.30 bits per heavy atom. The second kappa shape index (κ2) is 5.54. The summed E-state index contributed by atoms with van der Waals surface area (Å²) in [4.78, 5) is 9.37. The van der Waals surface area contributed by atoms with Crippen LogP contribution in [0, 0.1) is 0 Å². The Morgan fingerprint density at radius 2 is 2.00 bits per heavy atom. The highest BCUT2D eigenvalue weighted by atomic mass is 19.4. The van der Waals surface area contributed by atoms with Crippen molar-refractivity contribution in [2.45, 2.75) is 43.4 Å². The van der Waals surface area contributed by atoms with Gasteiger partial charge in [0.2, 0.25) is 0 Å². The largest absolute Gasteiger partial charge is 0.419 e. The Morgan fingerprint density at radius 3 is 2.48 bits per heavy atom. The lowest BCUT2D eigenvalue weighted by Crippen LogP contribution is -2.49. The lowest BCUT2D eigenvalue weighted by molar-refractivity contribution is -0.260. The van der Waals surface area contributed by atoms with E-state index >= 15 is 0 Å². The Balaban J connectivity index is 1.90. The van der Waals surface area contributed by atoms with Crippen molar-refractivity contribution >= 4 is 5.82 Å². The molecule has 0 radical (unpaired) electrons. The molecule has 0 aromatic carbocycles. The van der Waals surface area contributed by atoms with E-state index in [1.54, 1.807) is 0 Å². The smallest absolute Gasteiger partial charge is 0.367 e. The first-order valence-corrected chi connectivity index (χ1v) is 7.29. The van der Waals surface area contributed by atoms with E-state index in [1.807, 2.05) is 0 Å². The van der Waals surface area contributed by atoms with Gasteiger partial charge in [-0.25, -0.2) is 18.7 Å². The van der Waals surface area contributed by atoms with Crippen molar-refractivity contribution in [3.63, 3.8) is 0 Å². The van der Waals surface area contributed by atoms with Crippen molar-refractivity contribution in [3.05, 3.63) is 17.6 Å². The number of anilines is 1. The van der Waals surface area contributed by atoms with Gasteiger partial charge in [0, 0.05) is 32.1 Å². The monoisotopic (exact) mass is 337 g/mol. The third-order valence-corrected chi connectivity index (χ3v) is 4.38. The molecule has 1 unspecified atom stereocenters. The molecular formula is C14H16F5N3O. The predicted molar refractivity (Wildman–Crippen MR) is 71.6 cm³/mol. The van der Waals surface area contributed by atoms with E-state index in [2.05, 4.69) is 9.97 Å². The number of ether oxygens (including phenoxy) is 1. The Bertz CT molecular complexity index is 570. The van der Waals surface area contributed by atoms with Crippen LogP contribution in [0.1, 0.15) is 43.1 Å². The molecule has 1 aliphatic heterocycles. The van der Waals surface area contributed by atoms with Gasteiger partial charge in [0.15, 0.2) is 5.60 Å². The van der Waals surface area contributed by atoms with E-state index in [1.165, 1.54) is 4.90 Å². The van der Waals surface area contributed by atoms with Gasteiger partial charge in [-0.3, -0.25) is 0 Å². The standard InChI is InChI=1S/C14H16F5N3O/c1-23-13(14(17,18)19)4-5-22(7-13)10-6-9(11(15)16)20-12(21-10)8-2-3-8/h6,8,11H,2-5,7H2,1H3. The van der Waals surface area contributed by atoms with Gasteiger partial charge in [-0.15, -0.1) is 0 Å². The van der Waals surface area contributed by atoms with Crippen molar-refractivity contribution in [1.29, 1.82) is 0 Å². The summed E-state index contributed by atoms with van der Waals surface area (Å²) in [6.45, 7) is -0.423. The maximum Gasteiger partial charge on any atom is 0.419 e. The molecule has 4 nitrogen and oxygen atoms in total. The van der Waals surface area contributed by atoms with Crippen LogP contribution in [0.5, 0.6) is 0 Å². The van der Waals surface area contributed by atoms with Crippen LogP contribution in [-0.2, 0) is 4.74 Å². The normalized spacial score (nSPS) is 25.4. The number of rotatable bonds is 4. The minimum atomic E-state index is -4.53. The zero-order chi connectivity index (χ0) is 16.8. The molecule has 1 aromatic heterocycles. The zero-order valence-electron chi connectivity index (χ0n) is 12.4. The van der Waals surface area contributed by atoms with E-state index < -0.39 is 30.4 Å². The van der Waals surface area contributed by atoms with Gasteiger partial charge in [0.25, 0.3) is 6.43 Å². The molecule has 1 atom stereocenters. The summed E-state index contributed by atoms with van der Waals surface area (Å²) in [5.41, 5.74) is -2.73. The van der Waals surface area contributed by atoms with Gasteiger partial charge < -0.3 is 9.64 Å². The summed E-state index contributed by atoms with van der Waals surface area (Å²) < 4.78 is 70.4. The number of halogens is 5. The van der Waals surface area contributed by atoms with Crippen LogP contribution in [0.3, 0.4) is 0 Å². The number of methoxy groups -OCH3 is 1. The number of hydrogen-bond acceptors (Lipinski definition) is 4. The minimum Gasteiger partial charge on any atom is -0.367 e. The number of hydrogen-bond donors (Lipinski definition) is 0. The summed E-state index contributed by atoms with van der Waals surface area (Å²) >= 11 is 0. The third-order valence-electron chi connectivity index (χ3n) is 4.38. The Hall–Kier alpha value is -1.51. The van der Waals surface area contributed by atoms with E-state index in [-0.39, 0.29) is 24.7 Å². The van der Waals surface area contributed by atoms with Gasteiger partial charge >= 0.3 is 6.18 Å². The first-order valence-electron chi connectivity index (χ1n) is 7.29. The zero-order valence-corrected chi connectivity index (χ0v) is 12.4. The quantitative estimate of drug-likeness (QED) is 0.789. The molecule has 0 spiro atoms. The maximum absolute atomic E-state index is 13.2. The van der Waals surface area contributed by atoms with Crippen molar-refractivity contribution in [3.8, 4) is 0 Å². The fourth-order valence-electron chi connectivity index (χ4n) is 2.76. The first-order chi connectivity index (χ1) is 10.8. The summed E-state index contributed by atoms with van der Waals surface area (Å²) in [6.07, 6.45) is -5.95. The summed E-state index contributed by atoms with van der Waals surface area (Å²) in [6, 6.07) is 1.07. The number of nitrogens with zero attached hydrogens (tertiary/aromatic N) is 3. The van der Waals surface area contributed by atoms with Gasteiger partial charge in [-0.05, 0) is 12.8 Å². The van der Waals surface area contributed by atoms with Crippen molar-refractivity contribution in [2.24, 2.45) is 0 Å². The van der Waals surface area contributed by atoms with E-state index in [0.29, 0.717) is 5.82 Å². The molecule has 2 aliphatic rings. The van der Waals surface area contributed by atoms with Crippen LogP contribution in [0.2, 0.25) is 0 Å². The molecule has 1 aromatic rings. The number of aromatic nitrogens is 2. The van der Waals surface area contributed by atoms with Gasteiger partial charge in [-0.1, -0.05) is 0 Å². The molecule has 128 valence electrons. The first kappa shape index (κ1) is 16.4. The Labute approximate surface area is 129 Å².